The zero-order valence-electron chi connectivity index (χ0n) is 10.6. The van der Waals surface area contributed by atoms with Gasteiger partial charge in [0.2, 0.25) is 0 Å². The summed E-state index contributed by atoms with van der Waals surface area (Å²) in [6.07, 6.45) is 1.92. The fraction of sp³-hybridized carbons (Fsp3) is 0.500. The third-order valence-corrected chi connectivity index (χ3v) is 3.43. The zero-order chi connectivity index (χ0) is 12.3. The third kappa shape index (κ3) is 2.60. The van der Waals surface area contributed by atoms with E-state index in [-0.39, 0.29) is 12.1 Å². The topological polar surface area (TPSA) is 32.3 Å². The van der Waals surface area contributed by atoms with Crippen molar-refractivity contribution in [3.63, 3.8) is 0 Å². The van der Waals surface area contributed by atoms with Crippen LogP contribution in [0.3, 0.4) is 0 Å². The molecule has 1 N–H and O–H groups in total. The highest BCUT2D eigenvalue weighted by atomic mass is 16.2. The Balaban J connectivity index is 1.93. The van der Waals surface area contributed by atoms with Gasteiger partial charge in [0.25, 0.3) is 0 Å². The molecule has 0 radical (unpaired) electrons. The van der Waals surface area contributed by atoms with E-state index in [2.05, 4.69) is 29.6 Å². The molecule has 3 nitrogen and oxygen atoms in total. The van der Waals surface area contributed by atoms with E-state index in [0.29, 0.717) is 0 Å². The molecule has 0 aromatic heterocycles. The second-order valence-corrected chi connectivity index (χ2v) is 4.50. The van der Waals surface area contributed by atoms with E-state index in [1.807, 2.05) is 18.7 Å². The number of nitrogens with one attached hydrogen (secondary N) is 1. The second kappa shape index (κ2) is 5.21. The van der Waals surface area contributed by atoms with Gasteiger partial charge in [-0.1, -0.05) is 24.3 Å². The summed E-state index contributed by atoms with van der Waals surface area (Å²) >= 11 is 0. The Labute approximate surface area is 103 Å². The minimum atomic E-state index is 0.0628. The fourth-order valence-electron chi connectivity index (χ4n) is 2.44. The van der Waals surface area contributed by atoms with Gasteiger partial charge in [-0.2, -0.15) is 0 Å². The first-order valence-electron chi connectivity index (χ1n) is 6.36. The molecule has 3 heteroatoms. The Morgan fingerprint density at radius 2 is 1.76 bits per heavy atom. The van der Waals surface area contributed by atoms with E-state index < -0.39 is 0 Å². The molecule has 0 spiro atoms. The number of nitrogens with zero attached hydrogens (tertiary/aromatic N) is 1. The Hall–Kier alpha value is -1.51. The molecule has 0 atom stereocenters. The highest BCUT2D eigenvalue weighted by Gasteiger charge is 2.23. The third-order valence-electron chi connectivity index (χ3n) is 3.43. The van der Waals surface area contributed by atoms with Gasteiger partial charge in [-0.05, 0) is 37.8 Å². The first-order valence-corrected chi connectivity index (χ1v) is 6.36. The van der Waals surface area contributed by atoms with Gasteiger partial charge in [0.15, 0.2) is 0 Å². The van der Waals surface area contributed by atoms with Gasteiger partial charge in [0.1, 0.15) is 0 Å². The molecule has 17 heavy (non-hydrogen) atoms. The number of fused-ring (bicyclic) bond motifs is 1. The molecular formula is C14H20N2O. The van der Waals surface area contributed by atoms with Crippen LogP contribution >= 0.6 is 0 Å². The minimum Gasteiger partial charge on any atom is -0.335 e. The largest absolute Gasteiger partial charge is 0.335 e. The number of hydrogen-bond acceptors (Lipinski definition) is 1. The number of carbonyl (C=O) groups is 1. The summed E-state index contributed by atoms with van der Waals surface area (Å²) in [5, 5.41) is 3.11. The van der Waals surface area contributed by atoms with Gasteiger partial charge in [-0.25, -0.2) is 4.79 Å². The maximum absolute atomic E-state index is 11.9. The fourth-order valence-corrected chi connectivity index (χ4v) is 2.44. The van der Waals surface area contributed by atoms with Crippen molar-refractivity contribution < 1.29 is 4.79 Å². The first kappa shape index (κ1) is 12.0. The maximum atomic E-state index is 11.9. The van der Waals surface area contributed by atoms with Crippen molar-refractivity contribution >= 4 is 6.03 Å². The monoisotopic (exact) mass is 232 g/mol. The molecule has 0 heterocycles. The zero-order valence-corrected chi connectivity index (χ0v) is 10.6. The average molecular weight is 232 g/mol. The lowest BCUT2D eigenvalue weighted by Crippen LogP contribution is -2.45. The summed E-state index contributed by atoms with van der Waals surface area (Å²) in [5.41, 5.74) is 2.75. The van der Waals surface area contributed by atoms with Crippen molar-refractivity contribution in [2.24, 2.45) is 0 Å². The predicted octanol–water partition coefficient (Wildman–Crippen LogP) is 2.21. The SMILES string of the molecule is CCN(CC)C(=O)NC1Cc2ccccc2C1. The first-order chi connectivity index (χ1) is 8.24. The van der Waals surface area contributed by atoms with Crippen LogP contribution in [0.2, 0.25) is 0 Å². The van der Waals surface area contributed by atoms with Crippen molar-refractivity contribution in [2.75, 3.05) is 13.1 Å². The van der Waals surface area contributed by atoms with Crippen molar-refractivity contribution in [1.29, 1.82) is 0 Å². The normalized spacial score (nSPS) is 14.5. The lowest BCUT2D eigenvalue weighted by atomic mass is 10.1. The van der Waals surface area contributed by atoms with Gasteiger partial charge in [0, 0.05) is 19.1 Å². The smallest absolute Gasteiger partial charge is 0.317 e. The molecule has 0 bridgehead atoms. The second-order valence-electron chi connectivity index (χ2n) is 4.50. The maximum Gasteiger partial charge on any atom is 0.317 e. The van der Waals surface area contributed by atoms with Crippen LogP contribution in [0.5, 0.6) is 0 Å². The molecule has 1 aromatic carbocycles. The number of amides is 2. The molecule has 1 aliphatic rings. The highest BCUT2D eigenvalue weighted by Crippen LogP contribution is 2.21. The van der Waals surface area contributed by atoms with Crippen molar-refractivity contribution in [2.45, 2.75) is 32.7 Å². The van der Waals surface area contributed by atoms with E-state index in [0.717, 1.165) is 25.9 Å². The predicted molar refractivity (Wildman–Crippen MR) is 69.1 cm³/mol. The van der Waals surface area contributed by atoms with Gasteiger partial charge < -0.3 is 10.2 Å². The van der Waals surface area contributed by atoms with E-state index in [4.69, 9.17) is 0 Å². The summed E-state index contributed by atoms with van der Waals surface area (Å²) in [7, 11) is 0. The van der Waals surface area contributed by atoms with Crippen LogP contribution < -0.4 is 5.32 Å². The van der Waals surface area contributed by atoms with Crippen LogP contribution in [0.4, 0.5) is 4.79 Å². The molecule has 0 aliphatic heterocycles. The molecular weight excluding hydrogens is 212 g/mol. The summed E-state index contributed by atoms with van der Waals surface area (Å²) in [6, 6.07) is 8.76. The minimum absolute atomic E-state index is 0.0628. The van der Waals surface area contributed by atoms with Crippen LogP contribution in [-0.4, -0.2) is 30.1 Å². The highest BCUT2D eigenvalue weighted by molar-refractivity contribution is 5.74. The summed E-state index contributed by atoms with van der Waals surface area (Å²) in [5.74, 6) is 0. The molecule has 0 unspecified atom stereocenters. The van der Waals surface area contributed by atoms with Crippen LogP contribution in [0.25, 0.3) is 0 Å². The average Bonchev–Trinajstić information content (AvgIpc) is 2.72. The molecule has 92 valence electrons. The van der Waals surface area contributed by atoms with Crippen LogP contribution in [0.15, 0.2) is 24.3 Å². The molecule has 0 fully saturated rings. The molecule has 2 amide bonds. The van der Waals surface area contributed by atoms with E-state index in [9.17, 15) is 4.79 Å². The van der Waals surface area contributed by atoms with Crippen LogP contribution in [-0.2, 0) is 12.8 Å². The summed E-state index contributed by atoms with van der Waals surface area (Å²) in [4.78, 5) is 13.7. The van der Waals surface area contributed by atoms with Gasteiger partial charge in [0.05, 0.1) is 0 Å². The number of urea groups is 1. The van der Waals surface area contributed by atoms with E-state index in [1.165, 1.54) is 11.1 Å². The van der Waals surface area contributed by atoms with Crippen LogP contribution in [0, 0.1) is 0 Å². The lowest BCUT2D eigenvalue weighted by Gasteiger charge is -2.22. The number of rotatable bonds is 3. The molecule has 0 saturated carbocycles. The molecule has 1 aromatic rings. The van der Waals surface area contributed by atoms with Crippen molar-refractivity contribution in [1.82, 2.24) is 10.2 Å². The van der Waals surface area contributed by atoms with Crippen molar-refractivity contribution in [3.05, 3.63) is 35.4 Å². The van der Waals surface area contributed by atoms with Gasteiger partial charge >= 0.3 is 6.03 Å². The Kier molecular flexibility index (Phi) is 3.67. The summed E-state index contributed by atoms with van der Waals surface area (Å²) in [6.45, 7) is 5.54. The molecule has 1 aliphatic carbocycles. The number of hydrogen-bond donors (Lipinski definition) is 1. The standard InChI is InChI=1S/C14H20N2O/c1-3-16(4-2)14(17)15-13-9-11-7-5-6-8-12(11)10-13/h5-8,13H,3-4,9-10H2,1-2H3,(H,15,17). The lowest BCUT2D eigenvalue weighted by molar-refractivity contribution is 0.199. The number of carbonyl (C=O) groups excluding carboxylic acids is 1. The quantitative estimate of drug-likeness (QED) is 0.851. The summed E-state index contributed by atoms with van der Waals surface area (Å²) < 4.78 is 0. The molecule has 0 saturated heterocycles. The molecule has 2 rings (SSSR count). The Morgan fingerprint density at radius 3 is 2.24 bits per heavy atom. The number of benzene rings is 1. The van der Waals surface area contributed by atoms with Crippen molar-refractivity contribution in [3.8, 4) is 0 Å². The van der Waals surface area contributed by atoms with Gasteiger partial charge in [-0.3, -0.25) is 0 Å². The van der Waals surface area contributed by atoms with Gasteiger partial charge in [-0.15, -0.1) is 0 Å². The Morgan fingerprint density at radius 1 is 1.24 bits per heavy atom. The Bertz CT molecular complexity index is 374. The van der Waals surface area contributed by atoms with E-state index in [1.54, 1.807) is 0 Å². The van der Waals surface area contributed by atoms with Crippen LogP contribution in [0.1, 0.15) is 25.0 Å². The van der Waals surface area contributed by atoms with E-state index >= 15 is 0 Å².